The Morgan fingerprint density at radius 3 is 2.84 bits per heavy atom. The lowest BCUT2D eigenvalue weighted by Crippen LogP contribution is -2.37. The lowest BCUT2D eigenvalue weighted by atomic mass is 10.2. The van der Waals surface area contributed by atoms with E-state index in [1.165, 1.54) is 25.7 Å². The summed E-state index contributed by atoms with van der Waals surface area (Å²) >= 11 is 0. The van der Waals surface area contributed by atoms with Gasteiger partial charge in [0, 0.05) is 38.8 Å². The fraction of sp³-hybridized carbons (Fsp3) is 1.00. The van der Waals surface area contributed by atoms with Crippen LogP contribution in [0.4, 0.5) is 0 Å². The summed E-state index contributed by atoms with van der Waals surface area (Å²) in [5, 5.41) is 3.58. The summed E-state index contributed by atoms with van der Waals surface area (Å²) < 4.78 is 11.9. The average Bonchev–Trinajstić information content (AvgIpc) is 3.15. The molecule has 4 nitrogen and oxygen atoms in total. The van der Waals surface area contributed by atoms with E-state index < -0.39 is 0 Å². The topological polar surface area (TPSA) is 33.7 Å². The fourth-order valence-corrected chi connectivity index (χ4v) is 3.18. The van der Waals surface area contributed by atoms with Gasteiger partial charge in [0.2, 0.25) is 0 Å². The van der Waals surface area contributed by atoms with E-state index in [1.54, 1.807) is 0 Å². The molecule has 0 bridgehead atoms. The van der Waals surface area contributed by atoms with Gasteiger partial charge >= 0.3 is 0 Å². The highest BCUT2D eigenvalue weighted by atomic mass is 16.5. The molecule has 3 atom stereocenters. The number of hydrogen-bond donors (Lipinski definition) is 1. The monoisotopic (exact) mass is 268 g/mol. The Morgan fingerprint density at radius 2 is 2.00 bits per heavy atom. The molecule has 2 aliphatic heterocycles. The van der Waals surface area contributed by atoms with Crippen LogP contribution in [0.5, 0.6) is 0 Å². The van der Waals surface area contributed by atoms with Gasteiger partial charge in [-0.3, -0.25) is 4.90 Å². The smallest absolute Gasteiger partial charge is 0.0707 e. The van der Waals surface area contributed by atoms with Gasteiger partial charge in [-0.15, -0.1) is 0 Å². The third-order valence-corrected chi connectivity index (χ3v) is 4.41. The Morgan fingerprint density at radius 1 is 1.16 bits per heavy atom. The summed E-state index contributed by atoms with van der Waals surface area (Å²) in [5.74, 6) is 0. The minimum atomic E-state index is 0.372. The van der Waals surface area contributed by atoms with Crippen LogP contribution in [-0.4, -0.2) is 62.0 Å². The molecule has 110 valence electrons. The minimum Gasteiger partial charge on any atom is -0.377 e. The van der Waals surface area contributed by atoms with Crippen molar-refractivity contribution in [3.05, 3.63) is 0 Å². The molecule has 3 fully saturated rings. The first kappa shape index (κ1) is 13.8. The van der Waals surface area contributed by atoms with E-state index in [-0.39, 0.29) is 0 Å². The van der Waals surface area contributed by atoms with Gasteiger partial charge in [-0.1, -0.05) is 0 Å². The van der Waals surface area contributed by atoms with Crippen molar-refractivity contribution in [3.8, 4) is 0 Å². The van der Waals surface area contributed by atoms with Crippen LogP contribution >= 0.6 is 0 Å². The van der Waals surface area contributed by atoms with Crippen molar-refractivity contribution in [1.29, 1.82) is 0 Å². The molecular weight excluding hydrogens is 240 g/mol. The molecule has 0 aromatic rings. The first-order valence-electron chi connectivity index (χ1n) is 8.02. The van der Waals surface area contributed by atoms with Crippen molar-refractivity contribution in [2.24, 2.45) is 0 Å². The Labute approximate surface area is 116 Å². The quantitative estimate of drug-likeness (QED) is 0.817. The number of ether oxygens (including phenoxy) is 2. The summed E-state index contributed by atoms with van der Waals surface area (Å²) in [6.07, 6.45) is 7.60. The van der Waals surface area contributed by atoms with Gasteiger partial charge in [0.05, 0.1) is 18.3 Å². The van der Waals surface area contributed by atoms with Gasteiger partial charge < -0.3 is 14.8 Å². The van der Waals surface area contributed by atoms with Crippen LogP contribution in [0, 0.1) is 0 Å². The van der Waals surface area contributed by atoms with Crippen molar-refractivity contribution in [2.45, 2.75) is 63.4 Å². The van der Waals surface area contributed by atoms with E-state index in [2.05, 4.69) is 17.1 Å². The molecule has 1 saturated carbocycles. The predicted molar refractivity (Wildman–Crippen MR) is 75.4 cm³/mol. The van der Waals surface area contributed by atoms with Crippen molar-refractivity contribution < 1.29 is 9.47 Å². The summed E-state index contributed by atoms with van der Waals surface area (Å²) in [4.78, 5) is 2.53. The maximum Gasteiger partial charge on any atom is 0.0707 e. The number of nitrogens with one attached hydrogen (secondary N) is 1. The van der Waals surface area contributed by atoms with Crippen molar-refractivity contribution in [1.82, 2.24) is 10.2 Å². The largest absolute Gasteiger partial charge is 0.377 e. The third kappa shape index (κ3) is 4.42. The van der Waals surface area contributed by atoms with Gasteiger partial charge in [0.1, 0.15) is 0 Å². The van der Waals surface area contributed by atoms with Crippen LogP contribution in [0.2, 0.25) is 0 Å². The zero-order valence-electron chi connectivity index (χ0n) is 12.1. The Kier molecular flexibility index (Phi) is 4.74. The average molecular weight is 268 g/mol. The van der Waals surface area contributed by atoms with Crippen LogP contribution < -0.4 is 5.32 Å². The first-order chi connectivity index (χ1) is 9.29. The first-order valence-corrected chi connectivity index (χ1v) is 8.02. The molecule has 2 saturated heterocycles. The molecule has 1 aliphatic carbocycles. The lowest BCUT2D eigenvalue weighted by molar-refractivity contribution is 0.0159. The number of hydrogen-bond acceptors (Lipinski definition) is 4. The summed E-state index contributed by atoms with van der Waals surface area (Å²) in [6, 6.07) is 0.797. The highest BCUT2D eigenvalue weighted by Gasteiger charge is 2.29. The second-order valence-electron chi connectivity index (χ2n) is 6.43. The minimum absolute atomic E-state index is 0.372. The molecule has 2 heterocycles. The summed E-state index contributed by atoms with van der Waals surface area (Å²) in [6.45, 7) is 7.46. The van der Waals surface area contributed by atoms with Crippen LogP contribution in [0.1, 0.15) is 39.0 Å². The molecule has 0 aromatic carbocycles. The maximum atomic E-state index is 6.17. The fourth-order valence-electron chi connectivity index (χ4n) is 3.18. The Bertz CT molecular complexity index is 283. The second-order valence-corrected chi connectivity index (χ2v) is 6.43. The molecule has 3 unspecified atom stereocenters. The molecule has 0 aromatic heterocycles. The second kappa shape index (κ2) is 6.53. The van der Waals surface area contributed by atoms with Crippen LogP contribution in [-0.2, 0) is 9.47 Å². The van der Waals surface area contributed by atoms with Crippen LogP contribution in [0.25, 0.3) is 0 Å². The zero-order chi connectivity index (χ0) is 13.1. The third-order valence-electron chi connectivity index (χ3n) is 4.41. The molecule has 0 amide bonds. The number of rotatable bonds is 5. The van der Waals surface area contributed by atoms with E-state index in [4.69, 9.17) is 9.47 Å². The molecule has 3 rings (SSSR count). The summed E-state index contributed by atoms with van der Waals surface area (Å²) in [7, 11) is 0. The van der Waals surface area contributed by atoms with Gasteiger partial charge in [-0.2, -0.15) is 0 Å². The Balaban J connectivity index is 1.37. The summed E-state index contributed by atoms with van der Waals surface area (Å²) in [5.41, 5.74) is 0. The van der Waals surface area contributed by atoms with E-state index >= 15 is 0 Å². The van der Waals surface area contributed by atoms with E-state index in [1.807, 2.05) is 0 Å². The molecule has 4 heteroatoms. The van der Waals surface area contributed by atoms with E-state index in [0.29, 0.717) is 18.3 Å². The van der Waals surface area contributed by atoms with Crippen LogP contribution in [0.3, 0.4) is 0 Å². The van der Waals surface area contributed by atoms with Gasteiger partial charge in [-0.25, -0.2) is 0 Å². The van der Waals surface area contributed by atoms with Gasteiger partial charge in [-0.05, 0) is 39.0 Å². The molecule has 0 radical (unpaired) electrons. The maximum absolute atomic E-state index is 6.17. The predicted octanol–water partition coefficient (Wildman–Crippen LogP) is 1.40. The lowest BCUT2D eigenvalue weighted by Gasteiger charge is -2.25. The molecular formula is C15H28N2O2. The highest BCUT2D eigenvalue weighted by Crippen LogP contribution is 2.23. The Hall–Kier alpha value is -0.160. The van der Waals surface area contributed by atoms with Gasteiger partial charge in [0.25, 0.3) is 0 Å². The van der Waals surface area contributed by atoms with Crippen molar-refractivity contribution in [3.63, 3.8) is 0 Å². The van der Waals surface area contributed by atoms with Gasteiger partial charge in [0.15, 0.2) is 0 Å². The van der Waals surface area contributed by atoms with Crippen LogP contribution in [0.15, 0.2) is 0 Å². The molecule has 1 N–H and O–H groups in total. The number of nitrogens with zero attached hydrogens (tertiary/aromatic N) is 1. The van der Waals surface area contributed by atoms with E-state index in [9.17, 15) is 0 Å². The molecule has 19 heavy (non-hydrogen) atoms. The highest BCUT2D eigenvalue weighted by molar-refractivity contribution is 4.85. The SMILES string of the molecule is CC1CN(CC2CCC(CNC3CC3)O2)CCCO1. The normalized spacial score (nSPS) is 37.4. The van der Waals surface area contributed by atoms with E-state index in [0.717, 1.165) is 45.2 Å². The van der Waals surface area contributed by atoms with Crippen molar-refractivity contribution >= 4 is 0 Å². The zero-order valence-corrected chi connectivity index (χ0v) is 12.1. The molecule has 0 spiro atoms. The standard InChI is InChI=1S/C15H28N2O2/c1-12-10-17(7-2-8-18-12)11-15-6-5-14(19-15)9-16-13-3-4-13/h12-16H,2-11H2,1H3. The van der Waals surface area contributed by atoms with Crippen molar-refractivity contribution in [2.75, 3.05) is 32.8 Å². The molecule has 3 aliphatic rings.